The van der Waals surface area contributed by atoms with Crippen LogP contribution in [-0.2, 0) is 16.0 Å². The lowest BCUT2D eigenvalue weighted by Crippen LogP contribution is -2.47. The maximum absolute atomic E-state index is 13.2. The Kier molecular flexibility index (Phi) is 8.53. The predicted molar refractivity (Wildman–Crippen MR) is 121 cm³/mol. The predicted octanol–water partition coefficient (Wildman–Crippen LogP) is 2.69. The fraction of sp³-hybridized carbons (Fsp3) is 0.391. The maximum atomic E-state index is 13.2. The fourth-order valence-corrected chi connectivity index (χ4v) is 3.56. The maximum Gasteiger partial charge on any atom is 0.232 e. The molecular formula is C23H29ClN4O2. The minimum Gasteiger partial charge on any atom is -0.378 e. The number of hydrogen-bond acceptors (Lipinski definition) is 3. The molecule has 0 aromatic heterocycles. The van der Waals surface area contributed by atoms with Gasteiger partial charge in [0.15, 0.2) is 5.96 Å². The van der Waals surface area contributed by atoms with E-state index in [4.69, 9.17) is 16.3 Å². The Balaban J connectivity index is 1.57. The van der Waals surface area contributed by atoms with Crippen molar-refractivity contribution in [2.75, 3.05) is 46.4 Å². The van der Waals surface area contributed by atoms with Crippen molar-refractivity contribution >= 4 is 23.5 Å². The molecule has 160 valence electrons. The Hall–Kier alpha value is -2.57. The van der Waals surface area contributed by atoms with E-state index in [-0.39, 0.29) is 11.8 Å². The van der Waals surface area contributed by atoms with Crippen LogP contribution in [-0.4, -0.2) is 63.2 Å². The number of nitrogens with one attached hydrogen (secondary N) is 2. The number of ether oxygens (including phenoxy) is 1. The van der Waals surface area contributed by atoms with Gasteiger partial charge in [-0.1, -0.05) is 54.1 Å². The highest BCUT2D eigenvalue weighted by Gasteiger charge is 2.27. The second-order valence-electron chi connectivity index (χ2n) is 7.16. The first-order valence-corrected chi connectivity index (χ1v) is 10.7. The van der Waals surface area contributed by atoms with Crippen LogP contribution in [0.3, 0.4) is 0 Å². The molecule has 2 aromatic rings. The molecule has 1 saturated heterocycles. The van der Waals surface area contributed by atoms with Gasteiger partial charge in [0.2, 0.25) is 5.91 Å². The summed E-state index contributed by atoms with van der Waals surface area (Å²) in [6.45, 7) is 3.66. The monoisotopic (exact) mass is 428 g/mol. The van der Waals surface area contributed by atoms with Gasteiger partial charge in [-0.05, 0) is 29.7 Å². The molecule has 2 N–H and O–H groups in total. The zero-order valence-electron chi connectivity index (χ0n) is 17.3. The lowest BCUT2D eigenvalue weighted by atomic mass is 9.97. The second kappa shape index (κ2) is 11.6. The topological polar surface area (TPSA) is 66.0 Å². The van der Waals surface area contributed by atoms with E-state index in [9.17, 15) is 4.79 Å². The van der Waals surface area contributed by atoms with Gasteiger partial charge in [0.25, 0.3) is 0 Å². The van der Waals surface area contributed by atoms with Crippen molar-refractivity contribution in [1.29, 1.82) is 0 Å². The molecule has 0 bridgehead atoms. The van der Waals surface area contributed by atoms with Crippen LogP contribution in [0.5, 0.6) is 0 Å². The third kappa shape index (κ3) is 6.47. The molecule has 6 nitrogen and oxygen atoms in total. The molecule has 1 amide bonds. The number of nitrogens with zero attached hydrogens (tertiary/aromatic N) is 2. The minimum absolute atomic E-state index is 0.119. The zero-order valence-corrected chi connectivity index (χ0v) is 18.1. The van der Waals surface area contributed by atoms with Crippen LogP contribution >= 0.6 is 11.6 Å². The Bertz CT molecular complexity index is 821. The van der Waals surface area contributed by atoms with Crippen molar-refractivity contribution in [2.24, 2.45) is 4.99 Å². The van der Waals surface area contributed by atoms with Crippen molar-refractivity contribution in [1.82, 2.24) is 15.5 Å². The number of morpholine rings is 1. The van der Waals surface area contributed by atoms with Crippen LogP contribution in [0.4, 0.5) is 0 Å². The quantitative estimate of drug-likeness (QED) is 0.525. The van der Waals surface area contributed by atoms with Crippen LogP contribution in [0.25, 0.3) is 0 Å². The Labute approximate surface area is 183 Å². The highest BCUT2D eigenvalue weighted by molar-refractivity contribution is 6.30. The second-order valence-corrected chi connectivity index (χ2v) is 7.59. The van der Waals surface area contributed by atoms with Crippen molar-refractivity contribution in [2.45, 2.75) is 12.3 Å². The van der Waals surface area contributed by atoms with Gasteiger partial charge in [-0.2, -0.15) is 0 Å². The molecule has 0 radical (unpaired) electrons. The Morgan fingerprint density at radius 2 is 1.80 bits per heavy atom. The number of benzene rings is 2. The number of aliphatic imine (C=N–C) groups is 1. The van der Waals surface area contributed by atoms with Gasteiger partial charge in [-0.25, -0.2) is 0 Å². The van der Waals surface area contributed by atoms with Gasteiger partial charge in [-0.15, -0.1) is 0 Å². The summed E-state index contributed by atoms with van der Waals surface area (Å²) in [6, 6.07) is 17.7. The van der Waals surface area contributed by atoms with Gasteiger partial charge in [0.05, 0.1) is 19.1 Å². The molecule has 1 heterocycles. The number of amides is 1. The van der Waals surface area contributed by atoms with Gasteiger partial charge >= 0.3 is 0 Å². The molecule has 1 aliphatic heterocycles. The highest BCUT2D eigenvalue weighted by atomic mass is 35.5. The van der Waals surface area contributed by atoms with Crippen molar-refractivity contribution in [3.05, 3.63) is 70.7 Å². The van der Waals surface area contributed by atoms with Gasteiger partial charge in [-0.3, -0.25) is 9.79 Å². The van der Waals surface area contributed by atoms with Crippen LogP contribution in [0.15, 0.2) is 59.6 Å². The molecular weight excluding hydrogens is 400 g/mol. The van der Waals surface area contributed by atoms with Gasteiger partial charge < -0.3 is 20.3 Å². The third-order valence-electron chi connectivity index (χ3n) is 5.14. The molecule has 1 atom stereocenters. The molecule has 0 spiro atoms. The molecule has 0 aliphatic carbocycles. The van der Waals surface area contributed by atoms with E-state index < -0.39 is 0 Å². The number of carbonyl (C=O) groups excluding carboxylic acids is 1. The van der Waals surface area contributed by atoms with E-state index in [1.807, 2.05) is 59.5 Å². The lowest BCUT2D eigenvalue weighted by Gasteiger charge is -2.31. The van der Waals surface area contributed by atoms with E-state index in [0.29, 0.717) is 38.8 Å². The van der Waals surface area contributed by atoms with E-state index in [0.717, 1.165) is 23.6 Å². The number of guanidine groups is 1. The summed E-state index contributed by atoms with van der Waals surface area (Å²) in [5.74, 6) is 0.521. The minimum atomic E-state index is -0.279. The van der Waals surface area contributed by atoms with Crippen LogP contribution in [0.1, 0.15) is 17.0 Å². The van der Waals surface area contributed by atoms with Gasteiger partial charge in [0, 0.05) is 38.2 Å². The van der Waals surface area contributed by atoms with E-state index in [2.05, 4.69) is 15.6 Å². The van der Waals surface area contributed by atoms with E-state index >= 15 is 0 Å². The first-order chi connectivity index (χ1) is 14.7. The average molecular weight is 429 g/mol. The smallest absolute Gasteiger partial charge is 0.232 e. The normalized spacial score (nSPS) is 15.5. The molecule has 2 aromatic carbocycles. The molecule has 1 fully saturated rings. The number of halogens is 1. The van der Waals surface area contributed by atoms with E-state index in [1.165, 1.54) is 5.56 Å². The number of hydrogen-bond donors (Lipinski definition) is 2. The third-order valence-corrected chi connectivity index (χ3v) is 5.39. The lowest BCUT2D eigenvalue weighted by molar-refractivity contribution is -0.136. The molecule has 30 heavy (non-hydrogen) atoms. The summed E-state index contributed by atoms with van der Waals surface area (Å²) < 4.78 is 5.39. The highest BCUT2D eigenvalue weighted by Crippen LogP contribution is 2.19. The average Bonchev–Trinajstić information content (AvgIpc) is 2.80. The molecule has 1 unspecified atom stereocenters. The molecule has 3 rings (SSSR count). The zero-order chi connectivity index (χ0) is 21.2. The van der Waals surface area contributed by atoms with Crippen molar-refractivity contribution < 1.29 is 9.53 Å². The number of rotatable bonds is 7. The molecule has 1 aliphatic rings. The summed E-state index contributed by atoms with van der Waals surface area (Å²) in [5, 5.41) is 7.38. The largest absolute Gasteiger partial charge is 0.378 e. The Morgan fingerprint density at radius 3 is 2.47 bits per heavy atom. The summed E-state index contributed by atoms with van der Waals surface area (Å²) in [5.41, 5.74) is 2.20. The van der Waals surface area contributed by atoms with Gasteiger partial charge in [0.1, 0.15) is 0 Å². The van der Waals surface area contributed by atoms with Crippen LogP contribution in [0, 0.1) is 0 Å². The van der Waals surface area contributed by atoms with Crippen molar-refractivity contribution in [3.63, 3.8) is 0 Å². The number of carbonyl (C=O) groups is 1. The first kappa shape index (κ1) is 22.1. The summed E-state index contributed by atoms with van der Waals surface area (Å²) in [6.07, 6.45) is 0.854. The van der Waals surface area contributed by atoms with Crippen LogP contribution in [0.2, 0.25) is 5.02 Å². The molecule has 0 saturated carbocycles. The van der Waals surface area contributed by atoms with E-state index in [1.54, 1.807) is 7.05 Å². The summed E-state index contributed by atoms with van der Waals surface area (Å²) in [4.78, 5) is 19.4. The van der Waals surface area contributed by atoms with Crippen molar-refractivity contribution in [3.8, 4) is 0 Å². The van der Waals surface area contributed by atoms with Crippen LogP contribution < -0.4 is 10.6 Å². The Morgan fingerprint density at radius 1 is 1.10 bits per heavy atom. The standard InChI is InChI=1S/C23H29ClN4O2/c1-25-23(26-12-11-18-7-9-20(24)10-8-18)27-17-21(19-5-3-2-4-6-19)22(29)28-13-15-30-16-14-28/h2-10,21H,11-17H2,1H3,(H2,25,26,27). The fourth-order valence-electron chi connectivity index (χ4n) is 3.43. The summed E-state index contributed by atoms with van der Waals surface area (Å²) in [7, 11) is 1.74. The first-order valence-electron chi connectivity index (χ1n) is 10.3. The summed E-state index contributed by atoms with van der Waals surface area (Å²) >= 11 is 5.94. The SMILES string of the molecule is CN=C(NCCc1ccc(Cl)cc1)NCC(C(=O)N1CCOCC1)c1ccccc1. The molecule has 7 heteroatoms.